The number of ether oxygens (including phenoxy) is 2. The maximum Gasteiger partial charge on any atom is 0.191 e. The molecule has 0 bridgehead atoms. The lowest BCUT2D eigenvalue weighted by molar-refractivity contribution is 0.0368. The second-order valence-electron chi connectivity index (χ2n) is 6.84. The van der Waals surface area contributed by atoms with E-state index in [0.29, 0.717) is 37.3 Å². The normalized spacial score (nSPS) is 16.1. The predicted octanol–water partition coefficient (Wildman–Crippen LogP) is 2.94. The Bertz CT molecular complexity index is 588. The number of nitrogens with one attached hydrogen (secondary N) is 2. The van der Waals surface area contributed by atoms with Crippen molar-refractivity contribution < 1.29 is 19.0 Å². The summed E-state index contributed by atoms with van der Waals surface area (Å²) in [5.74, 6) is 1.49. The molecule has 1 saturated carbocycles. The summed E-state index contributed by atoms with van der Waals surface area (Å²) in [5.41, 5.74) is 0. The minimum atomic E-state index is -0.621. The van der Waals surface area contributed by atoms with Gasteiger partial charge in [-0.3, -0.25) is 4.99 Å². The van der Waals surface area contributed by atoms with Crippen molar-refractivity contribution in [3.8, 4) is 5.75 Å². The summed E-state index contributed by atoms with van der Waals surface area (Å²) in [7, 11) is 0. The van der Waals surface area contributed by atoms with E-state index in [1.54, 1.807) is 12.1 Å². The lowest BCUT2D eigenvalue weighted by Crippen LogP contribution is -2.43. The number of hydrogen-bond donors (Lipinski definition) is 3. The number of rotatable bonds is 12. The molecule has 6 nitrogen and oxygen atoms in total. The third-order valence-corrected chi connectivity index (χ3v) is 4.22. The number of nitrogens with zero attached hydrogens (tertiary/aromatic N) is 1. The summed E-state index contributed by atoms with van der Waals surface area (Å²) >= 11 is 0. The van der Waals surface area contributed by atoms with Gasteiger partial charge in [0.1, 0.15) is 17.7 Å². The number of benzene rings is 1. The van der Waals surface area contributed by atoms with E-state index in [4.69, 9.17) is 9.47 Å². The second-order valence-corrected chi connectivity index (χ2v) is 6.84. The van der Waals surface area contributed by atoms with Crippen molar-refractivity contribution in [2.45, 2.75) is 45.3 Å². The Morgan fingerprint density at radius 2 is 2.11 bits per heavy atom. The first-order chi connectivity index (χ1) is 13.1. The first-order valence-corrected chi connectivity index (χ1v) is 9.80. The average molecular weight is 509 g/mol. The van der Waals surface area contributed by atoms with Crippen LogP contribution in [0.5, 0.6) is 5.75 Å². The highest BCUT2D eigenvalue weighted by Gasteiger charge is 2.21. The quantitative estimate of drug-likeness (QED) is 0.230. The lowest BCUT2D eigenvalue weighted by Gasteiger charge is -2.20. The van der Waals surface area contributed by atoms with Crippen molar-refractivity contribution in [3.63, 3.8) is 0 Å². The molecule has 1 aromatic rings. The van der Waals surface area contributed by atoms with Crippen LogP contribution in [0.2, 0.25) is 0 Å². The average Bonchev–Trinajstić information content (AvgIpc) is 3.47. The molecule has 1 fully saturated rings. The van der Waals surface area contributed by atoms with E-state index >= 15 is 0 Å². The molecule has 0 spiro atoms. The summed E-state index contributed by atoms with van der Waals surface area (Å²) in [6.07, 6.45) is 2.49. The van der Waals surface area contributed by atoms with Gasteiger partial charge in [-0.2, -0.15) is 0 Å². The van der Waals surface area contributed by atoms with Crippen LogP contribution < -0.4 is 15.4 Å². The van der Waals surface area contributed by atoms with Crippen molar-refractivity contribution >= 4 is 29.9 Å². The topological polar surface area (TPSA) is 75.1 Å². The number of aliphatic hydroxyl groups is 1. The summed E-state index contributed by atoms with van der Waals surface area (Å²) in [4.78, 5) is 4.40. The largest absolute Gasteiger partial charge is 0.489 e. The highest BCUT2D eigenvalue weighted by atomic mass is 127. The van der Waals surface area contributed by atoms with Gasteiger partial charge in [-0.1, -0.05) is 13.0 Å². The molecule has 160 valence electrons. The zero-order chi connectivity index (χ0) is 19.5. The third-order valence-electron chi connectivity index (χ3n) is 4.22. The van der Waals surface area contributed by atoms with E-state index in [9.17, 15) is 9.50 Å². The van der Waals surface area contributed by atoms with Crippen molar-refractivity contribution in [2.24, 2.45) is 10.9 Å². The van der Waals surface area contributed by atoms with Crippen LogP contribution in [-0.4, -0.2) is 56.1 Å². The van der Waals surface area contributed by atoms with Crippen LogP contribution in [0.25, 0.3) is 0 Å². The molecule has 0 heterocycles. The van der Waals surface area contributed by atoms with Crippen molar-refractivity contribution in [1.29, 1.82) is 0 Å². The van der Waals surface area contributed by atoms with Crippen LogP contribution in [0.4, 0.5) is 4.39 Å². The second kappa shape index (κ2) is 13.9. The maximum atomic E-state index is 13.3. The fourth-order valence-electron chi connectivity index (χ4n) is 2.46. The molecule has 0 saturated heterocycles. The van der Waals surface area contributed by atoms with Crippen LogP contribution in [0.3, 0.4) is 0 Å². The number of hydrogen-bond acceptors (Lipinski definition) is 4. The first-order valence-electron chi connectivity index (χ1n) is 9.80. The van der Waals surface area contributed by atoms with Gasteiger partial charge in [-0.25, -0.2) is 4.39 Å². The number of aliphatic hydroxyl groups excluding tert-OH is 1. The molecule has 2 unspecified atom stereocenters. The summed E-state index contributed by atoms with van der Waals surface area (Å²) in [6, 6.07) is 6.13. The van der Waals surface area contributed by atoms with Gasteiger partial charge in [0.25, 0.3) is 0 Å². The van der Waals surface area contributed by atoms with Crippen LogP contribution in [-0.2, 0) is 4.74 Å². The third kappa shape index (κ3) is 10.4. The van der Waals surface area contributed by atoms with Crippen molar-refractivity contribution in [2.75, 3.05) is 32.8 Å². The van der Waals surface area contributed by atoms with Gasteiger partial charge in [-0.15, -0.1) is 24.0 Å². The molecule has 0 radical (unpaired) electrons. The zero-order valence-electron chi connectivity index (χ0n) is 16.7. The SMILES string of the molecule is CCNC(=NCC(O)COCC1CC1)NCC(CC)Oc1cccc(F)c1.I. The molecule has 0 aliphatic heterocycles. The highest BCUT2D eigenvalue weighted by molar-refractivity contribution is 14.0. The zero-order valence-corrected chi connectivity index (χ0v) is 19.0. The van der Waals surface area contributed by atoms with Crippen LogP contribution >= 0.6 is 24.0 Å². The molecule has 28 heavy (non-hydrogen) atoms. The summed E-state index contributed by atoms with van der Waals surface area (Å²) < 4.78 is 24.6. The Balaban J connectivity index is 0.00000392. The molecule has 2 atom stereocenters. The van der Waals surface area contributed by atoms with Crippen molar-refractivity contribution in [1.82, 2.24) is 10.6 Å². The fourth-order valence-corrected chi connectivity index (χ4v) is 2.46. The van der Waals surface area contributed by atoms with Gasteiger partial charge in [0.05, 0.1) is 25.8 Å². The molecule has 1 aliphatic carbocycles. The molecule has 0 amide bonds. The Morgan fingerprint density at radius 3 is 2.75 bits per heavy atom. The van der Waals surface area contributed by atoms with E-state index in [-0.39, 0.29) is 42.4 Å². The molecule has 1 aromatic carbocycles. The molecule has 2 rings (SSSR count). The van der Waals surface area contributed by atoms with Crippen LogP contribution in [0.1, 0.15) is 33.1 Å². The Labute approximate surface area is 184 Å². The maximum absolute atomic E-state index is 13.3. The number of guanidine groups is 1. The smallest absolute Gasteiger partial charge is 0.191 e. The van der Waals surface area contributed by atoms with Gasteiger partial charge in [-0.05, 0) is 44.2 Å². The van der Waals surface area contributed by atoms with Crippen LogP contribution in [0.15, 0.2) is 29.3 Å². The summed E-state index contributed by atoms with van der Waals surface area (Å²) in [5, 5.41) is 16.4. The standard InChI is InChI=1S/C20H32FN3O3.HI/c1-3-18(27-19-7-5-6-16(21)10-19)12-24-20(22-4-2)23-11-17(25)14-26-13-15-8-9-15;/h5-7,10,15,17-18,25H,3-4,8-9,11-14H2,1-2H3,(H2,22,23,24);1H. The molecule has 8 heteroatoms. The molecule has 3 N–H and O–H groups in total. The fraction of sp³-hybridized carbons (Fsp3) is 0.650. The van der Waals surface area contributed by atoms with Gasteiger partial charge < -0.3 is 25.2 Å². The summed E-state index contributed by atoms with van der Waals surface area (Å²) in [6.45, 7) is 6.52. The van der Waals surface area contributed by atoms with Crippen molar-refractivity contribution in [3.05, 3.63) is 30.1 Å². The van der Waals surface area contributed by atoms with Gasteiger partial charge in [0, 0.05) is 19.2 Å². The number of halogens is 2. The van der Waals surface area contributed by atoms with Gasteiger partial charge in [0.15, 0.2) is 5.96 Å². The monoisotopic (exact) mass is 509 g/mol. The Hall–Kier alpha value is -1.13. The minimum absolute atomic E-state index is 0. The Morgan fingerprint density at radius 1 is 1.32 bits per heavy atom. The van der Waals surface area contributed by atoms with Gasteiger partial charge >= 0.3 is 0 Å². The van der Waals surface area contributed by atoms with Crippen LogP contribution in [0, 0.1) is 11.7 Å². The Kier molecular flexibility index (Phi) is 12.4. The minimum Gasteiger partial charge on any atom is -0.489 e. The molecular formula is C20H33FIN3O3. The van der Waals surface area contributed by atoms with E-state index < -0.39 is 6.10 Å². The highest BCUT2D eigenvalue weighted by Crippen LogP contribution is 2.28. The van der Waals surface area contributed by atoms with E-state index in [2.05, 4.69) is 15.6 Å². The van der Waals surface area contributed by atoms with E-state index in [1.165, 1.54) is 25.0 Å². The van der Waals surface area contributed by atoms with E-state index in [0.717, 1.165) is 13.0 Å². The lowest BCUT2D eigenvalue weighted by atomic mass is 10.2. The first kappa shape index (κ1) is 24.9. The molecular weight excluding hydrogens is 476 g/mol. The molecule has 1 aliphatic rings. The van der Waals surface area contributed by atoms with E-state index in [1.807, 2.05) is 13.8 Å². The van der Waals surface area contributed by atoms with Gasteiger partial charge in [0.2, 0.25) is 0 Å². The number of aliphatic imine (C=N–C) groups is 1. The predicted molar refractivity (Wildman–Crippen MR) is 120 cm³/mol. The molecule has 0 aromatic heterocycles.